The van der Waals surface area contributed by atoms with Gasteiger partial charge in [0.15, 0.2) is 0 Å². The minimum absolute atomic E-state index is 0.0806. The fraction of sp³-hybridized carbons (Fsp3) is 0.278. The minimum atomic E-state index is -0.0806. The van der Waals surface area contributed by atoms with Crippen LogP contribution < -0.4 is 10.6 Å². The lowest BCUT2D eigenvalue weighted by Crippen LogP contribution is -2.15. The zero-order chi connectivity index (χ0) is 15.2. The summed E-state index contributed by atoms with van der Waals surface area (Å²) in [5.41, 5.74) is 4.67. The molecule has 0 saturated carbocycles. The van der Waals surface area contributed by atoms with E-state index in [1.54, 1.807) is 0 Å². The monoisotopic (exact) mass is 282 g/mol. The van der Waals surface area contributed by atoms with E-state index in [9.17, 15) is 4.79 Å². The molecule has 0 fully saturated rings. The molecule has 0 aliphatic rings. The van der Waals surface area contributed by atoms with E-state index in [0.717, 1.165) is 29.9 Å². The smallest absolute Gasteiger partial charge is 0.257 e. The number of hydrogen-bond acceptors (Lipinski definition) is 2. The normalized spacial score (nSPS) is 10.2. The minimum Gasteiger partial charge on any atom is -0.385 e. The number of carbonyl (C=O) groups excluding carboxylic acids is 1. The second-order valence-electron chi connectivity index (χ2n) is 5.09. The van der Waals surface area contributed by atoms with Crippen molar-refractivity contribution in [1.29, 1.82) is 0 Å². The predicted octanol–water partition coefficient (Wildman–Crippen LogP) is 4.24. The van der Waals surface area contributed by atoms with Gasteiger partial charge in [0.25, 0.3) is 5.91 Å². The summed E-state index contributed by atoms with van der Waals surface area (Å²) in [6.07, 6.45) is 0.955. The van der Waals surface area contributed by atoms with Crippen LogP contribution >= 0.6 is 0 Å². The summed E-state index contributed by atoms with van der Waals surface area (Å²) in [4.78, 5) is 12.5. The van der Waals surface area contributed by atoms with Crippen molar-refractivity contribution in [3.8, 4) is 0 Å². The summed E-state index contributed by atoms with van der Waals surface area (Å²) in [5, 5.41) is 6.21. The fourth-order valence-corrected chi connectivity index (χ4v) is 2.26. The molecule has 3 heteroatoms. The number of amides is 1. The van der Waals surface area contributed by atoms with E-state index in [4.69, 9.17) is 0 Å². The maximum Gasteiger partial charge on any atom is 0.257 e. The van der Waals surface area contributed by atoms with Crippen LogP contribution in [0, 0.1) is 6.92 Å². The van der Waals surface area contributed by atoms with Crippen LogP contribution in [-0.2, 0) is 6.42 Å². The van der Waals surface area contributed by atoms with Crippen molar-refractivity contribution >= 4 is 17.3 Å². The highest BCUT2D eigenvalue weighted by Gasteiger charge is 2.11. The molecular weight excluding hydrogens is 260 g/mol. The third-order valence-corrected chi connectivity index (χ3v) is 3.38. The Hall–Kier alpha value is -2.29. The van der Waals surface area contributed by atoms with Crippen molar-refractivity contribution in [3.05, 3.63) is 59.2 Å². The predicted molar refractivity (Wildman–Crippen MR) is 89.1 cm³/mol. The number of aryl methyl sites for hydroxylation is 2. The summed E-state index contributed by atoms with van der Waals surface area (Å²) in [6.45, 7) is 6.90. The first-order valence-corrected chi connectivity index (χ1v) is 7.38. The van der Waals surface area contributed by atoms with Gasteiger partial charge in [-0.3, -0.25) is 4.79 Å². The lowest BCUT2D eigenvalue weighted by Gasteiger charge is -2.12. The average molecular weight is 282 g/mol. The van der Waals surface area contributed by atoms with E-state index in [0.29, 0.717) is 5.56 Å². The van der Waals surface area contributed by atoms with Gasteiger partial charge in [-0.05, 0) is 50.1 Å². The third kappa shape index (κ3) is 3.85. The van der Waals surface area contributed by atoms with Crippen LogP contribution in [-0.4, -0.2) is 12.5 Å². The summed E-state index contributed by atoms with van der Waals surface area (Å²) in [6, 6.07) is 13.8. The topological polar surface area (TPSA) is 41.1 Å². The molecule has 110 valence electrons. The number of carbonyl (C=O) groups is 1. The highest BCUT2D eigenvalue weighted by Crippen LogP contribution is 2.20. The van der Waals surface area contributed by atoms with Crippen LogP contribution in [0.5, 0.6) is 0 Å². The van der Waals surface area contributed by atoms with Gasteiger partial charge in [0, 0.05) is 17.9 Å². The Labute approximate surface area is 126 Å². The van der Waals surface area contributed by atoms with Crippen molar-refractivity contribution in [2.75, 3.05) is 17.2 Å². The number of anilines is 2. The molecule has 3 nitrogen and oxygen atoms in total. The van der Waals surface area contributed by atoms with Gasteiger partial charge in [-0.1, -0.05) is 30.7 Å². The number of rotatable bonds is 5. The van der Waals surface area contributed by atoms with Gasteiger partial charge in [0.2, 0.25) is 0 Å². The first kappa shape index (κ1) is 15.1. The molecule has 2 aromatic rings. The van der Waals surface area contributed by atoms with Gasteiger partial charge >= 0.3 is 0 Å². The van der Waals surface area contributed by atoms with E-state index in [1.165, 1.54) is 5.56 Å². The number of nitrogens with one attached hydrogen (secondary N) is 2. The zero-order valence-electron chi connectivity index (χ0n) is 12.9. The zero-order valence-corrected chi connectivity index (χ0v) is 12.9. The summed E-state index contributed by atoms with van der Waals surface area (Å²) in [5.74, 6) is -0.0806. The molecule has 0 saturated heterocycles. The Morgan fingerprint density at radius 1 is 1.10 bits per heavy atom. The highest BCUT2D eigenvalue weighted by molar-refractivity contribution is 6.08. The van der Waals surface area contributed by atoms with Crippen molar-refractivity contribution < 1.29 is 4.79 Å². The first-order chi connectivity index (χ1) is 10.1. The molecule has 0 atom stereocenters. The van der Waals surface area contributed by atoms with Crippen LogP contribution in [0.1, 0.15) is 35.3 Å². The van der Waals surface area contributed by atoms with E-state index < -0.39 is 0 Å². The Bertz CT molecular complexity index is 635. The molecule has 1 amide bonds. The lowest BCUT2D eigenvalue weighted by atomic mass is 10.1. The maximum atomic E-state index is 12.5. The Morgan fingerprint density at radius 2 is 1.90 bits per heavy atom. The number of hydrogen-bond donors (Lipinski definition) is 2. The van der Waals surface area contributed by atoms with Gasteiger partial charge in [-0.25, -0.2) is 0 Å². The van der Waals surface area contributed by atoms with E-state index >= 15 is 0 Å². The van der Waals surface area contributed by atoms with Gasteiger partial charge in [0.1, 0.15) is 0 Å². The molecule has 0 aliphatic carbocycles. The molecule has 0 radical (unpaired) electrons. The fourth-order valence-electron chi connectivity index (χ4n) is 2.26. The Balaban J connectivity index is 2.25. The molecule has 2 rings (SSSR count). The van der Waals surface area contributed by atoms with Gasteiger partial charge in [-0.15, -0.1) is 0 Å². The first-order valence-electron chi connectivity index (χ1n) is 7.38. The van der Waals surface area contributed by atoms with E-state index in [-0.39, 0.29) is 5.91 Å². The Kier molecular flexibility index (Phi) is 4.99. The van der Waals surface area contributed by atoms with Crippen LogP contribution in [0.25, 0.3) is 0 Å². The van der Waals surface area contributed by atoms with Gasteiger partial charge < -0.3 is 10.6 Å². The summed E-state index contributed by atoms with van der Waals surface area (Å²) >= 11 is 0. The largest absolute Gasteiger partial charge is 0.385 e. The van der Waals surface area contributed by atoms with Crippen molar-refractivity contribution in [1.82, 2.24) is 0 Å². The van der Waals surface area contributed by atoms with Crippen molar-refractivity contribution in [3.63, 3.8) is 0 Å². The van der Waals surface area contributed by atoms with Crippen molar-refractivity contribution in [2.45, 2.75) is 27.2 Å². The number of benzene rings is 2. The molecule has 0 aliphatic heterocycles. The molecule has 0 bridgehead atoms. The van der Waals surface area contributed by atoms with E-state index in [1.807, 2.05) is 50.2 Å². The quantitative estimate of drug-likeness (QED) is 0.861. The Morgan fingerprint density at radius 3 is 2.62 bits per heavy atom. The maximum absolute atomic E-state index is 12.5. The molecule has 2 N–H and O–H groups in total. The molecule has 0 unspecified atom stereocenters. The molecule has 0 spiro atoms. The van der Waals surface area contributed by atoms with Crippen LogP contribution in [0.15, 0.2) is 42.5 Å². The van der Waals surface area contributed by atoms with Crippen molar-refractivity contribution in [2.24, 2.45) is 0 Å². The SMILES string of the molecule is CCNc1ccc(C)cc1C(=O)Nc1cccc(CC)c1. The molecular formula is C18H22N2O. The lowest BCUT2D eigenvalue weighted by molar-refractivity contribution is 0.102. The third-order valence-electron chi connectivity index (χ3n) is 3.38. The van der Waals surface area contributed by atoms with Crippen LogP contribution in [0.4, 0.5) is 11.4 Å². The summed E-state index contributed by atoms with van der Waals surface area (Å²) in [7, 11) is 0. The second kappa shape index (κ2) is 6.93. The standard InChI is InChI=1S/C18H22N2O/c1-4-14-7-6-8-15(12-14)20-18(21)16-11-13(3)9-10-17(16)19-5-2/h6-12,19H,4-5H2,1-3H3,(H,20,21). The molecule has 0 aromatic heterocycles. The van der Waals surface area contributed by atoms with Crippen LogP contribution in [0.3, 0.4) is 0 Å². The molecule has 21 heavy (non-hydrogen) atoms. The molecule has 2 aromatic carbocycles. The van der Waals surface area contributed by atoms with Gasteiger partial charge in [0.05, 0.1) is 5.56 Å². The van der Waals surface area contributed by atoms with Gasteiger partial charge in [-0.2, -0.15) is 0 Å². The van der Waals surface area contributed by atoms with E-state index in [2.05, 4.69) is 23.6 Å². The average Bonchev–Trinajstić information content (AvgIpc) is 2.49. The summed E-state index contributed by atoms with van der Waals surface area (Å²) < 4.78 is 0. The van der Waals surface area contributed by atoms with Crippen LogP contribution in [0.2, 0.25) is 0 Å². The highest BCUT2D eigenvalue weighted by atomic mass is 16.1. The second-order valence-corrected chi connectivity index (χ2v) is 5.09. The molecule has 0 heterocycles.